The number of rotatable bonds is 6. The second kappa shape index (κ2) is 10.1. The predicted molar refractivity (Wildman–Crippen MR) is 129 cm³/mol. The Morgan fingerprint density at radius 1 is 1.12 bits per heavy atom. The van der Waals surface area contributed by atoms with Crippen molar-refractivity contribution in [2.75, 3.05) is 20.7 Å². The highest BCUT2D eigenvalue weighted by molar-refractivity contribution is 6.30. The van der Waals surface area contributed by atoms with E-state index < -0.39 is 11.7 Å². The van der Waals surface area contributed by atoms with Gasteiger partial charge in [0.1, 0.15) is 18.1 Å². The van der Waals surface area contributed by atoms with Crippen molar-refractivity contribution in [2.24, 2.45) is 5.10 Å². The molecular weight excluding hydrogens is 457 g/mol. The molecule has 0 saturated heterocycles. The second-order valence-electron chi connectivity index (χ2n) is 7.93. The number of amides is 2. The molecular formula is C26H23ClFN3O3. The Bertz CT molecular complexity index is 1250. The van der Waals surface area contributed by atoms with Crippen molar-refractivity contribution < 1.29 is 18.7 Å². The standard InChI is InChI=1S/C26H23ClFN3O3/c1-30(26(33)21-8-3-4-9-22(21)28)16-25(32)31-24(17-10-12-19(27)13-11-17)15-23(29-31)18-6-5-7-20(14-18)34-2/h3-14,24H,15-16H2,1-2H3/t24-/m1/s1. The maximum atomic E-state index is 14.1. The molecule has 0 spiro atoms. The van der Waals surface area contributed by atoms with Gasteiger partial charge in [0.2, 0.25) is 0 Å². The molecule has 0 fully saturated rings. The van der Waals surface area contributed by atoms with E-state index in [4.69, 9.17) is 16.3 Å². The molecule has 3 aromatic rings. The minimum atomic E-state index is -0.634. The molecule has 2 amide bonds. The highest BCUT2D eigenvalue weighted by atomic mass is 35.5. The molecule has 4 rings (SSSR count). The van der Waals surface area contributed by atoms with Crippen LogP contribution < -0.4 is 4.74 Å². The molecule has 0 saturated carbocycles. The first-order valence-electron chi connectivity index (χ1n) is 10.7. The van der Waals surface area contributed by atoms with Crippen molar-refractivity contribution in [1.29, 1.82) is 0 Å². The van der Waals surface area contributed by atoms with Crippen molar-refractivity contribution in [1.82, 2.24) is 9.91 Å². The van der Waals surface area contributed by atoms with E-state index in [1.54, 1.807) is 25.3 Å². The third kappa shape index (κ3) is 4.94. The fraction of sp³-hybridized carbons (Fsp3) is 0.192. The average Bonchev–Trinajstić information content (AvgIpc) is 3.30. The quantitative estimate of drug-likeness (QED) is 0.503. The van der Waals surface area contributed by atoms with Gasteiger partial charge in [0.15, 0.2) is 0 Å². The van der Waals surface area contributed by atoms with Crippen LogP contribution in [0.15, 0.2) is 77.9 Å². The Morgan fingerprint density at radius 3 is 2.56 bits per heavy atom. The van der Waals surface area contributed by atoms with Crippen LogP contribution in [0.3, 0.4) is 0 Å². The van der Waals surface area contributed by atoms with Crippen LogP contribution in [-0.2, 0) is 4.79 Å². The highest BCUT2D eigenvalue weighted by Crippen LogP contribution is 2.34. The molecule has 0 bridgehead atoms. The lowest BCUT2D eigenvalue weighted by molar-refractivity contribution is -0.133. The summed E-state index contributed by atoms with van der Waals surface area (Å²) in [5.41, 5.74) is 2.33. The van der Waals surface area contributed by atoms with Crippen LogP contribution in [0.1, 0.15) is 33.9 Å². The van der Waals surface area contributed by atoms with E-state index >= 15 is 0 Å². The number of nitrogens with zero attached hydrogens (tertiary/aromatic N) is 3. The molecule has 34 heavy (non-hydrogen) atoms. The summed E-state index contributed by atoms with van der Waals surface area (Å²) < 4.78 is 19.4. The maximum Gasteiger partial charge on any atom is 0.262 e. The van der Waals surface area contributed by atoms with Gasteiger partial charge in [-0.25, -0.2) is 9.40 Å². The molecule has 0 aliphatic carbocycles. The number of carbonyl (C=O) groups is 2. The summed E-state index contributed by atoms with van der Waals surface area (Å²) in [6.45, 7) is -0.258. The van der Waals surface area contributed by atoms with E-state index in [2.05, 4.69) is 5.10 Å². The number of hydrogen-bond donors (Lipinski definition) is 0. The van der Waals surface area contributed by atoms with Crippen LogP contribution in [0.2, 0.25) is 5.02 Å². The topological polar surface area (TPSA) is 62.2 Å². The summed E-state index contributed by atoms with van der Waals surface area (Å²) in [7, 11) is 3.05. The van der Waals surface area contributed by atoms with E-state index in [1.165, 1.54) is 35.2 Å². The fourth-order valence-corrected chi connectivity index (χ4v) is 3.98. The third-order valence-electron chi connectivity index (χ3n) is 5.65. The van der Waals surface area contributed by atoms with Gasteiger partial charge in [-0.15, -0.1) is 0 Å². The average molecular weight is 480 g/mol. The Labute approximate surface area is 202 Å². The van der Waals surface area contributed by atoms with Crippen LogP contribution in [0, 0.1) is 5.82 Å². The minimum Gasteiger partial charge on any atom is -0.497 e. The molecule has 1 heterocycles. The van der Waals surface area contributed by atoms with E-state index in [9.17, 15) is 14.0 Å². The lowest BCUT2D eigenvalue weighted by Gasteiger charge is -2.25. The van der Waals surface area contributed by atoms with Gasteiger partial charge >= 0.3 is 0 Å². The Hall–Kier alpha value is -3.71. The molecule has 1 aliphatic heterocycles. The first kappa shape index (κ1) is 23.4. The SMILES string of the molecule is COc1cccc(C2=NN(C(=O)CN(C)C(=O)c3ccccc3F)[C@@H](c3ccc(Cl)cc3)C2)c1. The summed E-state index contributed by atoms with van der Waals surface area (Å²) >= 11 is 6.05. The summed E-state index contributed by atoms with van der Waals surface area (Å²) in [5, 5.41) is 6.60. The highest BCUT2D eigenvalue weighted by Gasteiger charge is 2.34. The van der Waals surface area contributed by atoms with Gasteiger partial charge in [-0.05, 0) is 42.0 Å². The molecule has 8 heteroatoms. The van der Waals surface area contributed by atoms with Crippen LogP contribution >= 0.6 is 11.6 Å². The van der Waals surface area contributed by atoms with Gasteiger partial charge in [-0.1, -0.05) is 48.0 Å². The fourth-order valence-electron chi connectivity index (χ4n) is 3.85. The third-order valence-corrected chi connectivity index (χ3v) is 5.90. The maximum absolute atomic E-state index is 14.1. The molecule has 0 radical (unpaired) electrons. The Morgan fingerprint density at radius 2 is 1.85 bits per heavy atom. The number of hydrogen-bond acceptors (Lipinski definition) is 4. The summed E-state index contributed by atoms with van der Waals surface area (Å²) in [6.07, 6.45) is 0.478. The van der Waals surface area contributed by atoms with Crippen molar-refractivity contribution in [2.45, 2.75) is 12.5 Å². The van der Waals surface area contributed by atoms with Crippen molar-refractivity contribution in [3.05, 3.63) is 100 Å². The van der Waals surface area contributed by atoms with E-state index in [-0.39, 0.29) is 24.1 Å². The van der Waals surface area contributed by atoms with Crippen LogP contribution in [-0.4, -0.2) is 48.1 Å². The van der Waals surface area contributed by atoms with Gasteiger partial charge < -0.3 is 9.64 Å². The predicted octanol–water partition coefficient (Wildman–Crippen LogP) is 4.94. The number of methoxy groups -OCH3 is 1. The lowest BCUT2D eigenvalue weighted by atomic mass is 9.98. The molecule has 1 aliphatic rings. The summed E-state index contributed by atoms with van der Waals surface area (Å²) in [5.74, 6) is -0.913. The van der Waals surface area contributed by atoms with Gasteiger partial charge in [-0.2, -0.15) is 5.10 Å². The summed E-state index contributed by atoms with van der Waals surface area (Å²) in [6, 6.07) is 20.0. The number of ether oxygens (including phenoxy) is 1. The van der Waals surface area contributed by atoms with Crippen molar-refractivity contribution in [3.63, 3.8) is 0 Å². The lowest BCUT2D eigenvalue weighted by Crippen LogP contribution is -2.39. The number of halogens is 2. The number of benzene rings is 3. The van der Waals surface area contributed by atoms with Crippen LogP contribution in [0.4, 0.5) is 4.39 Å². The first-order valence-corrected chi connectivity index (χ1v) is 11.0. The molecule has 174 valence electrons. The zero-order valence-electron chi connectivity index (χ0n) is 18.7. The molecule has 6 nitrogen and oxygen atoms in total. The molecule has 3 aromatic carbocycles. The molecule has 0 unspecified atom stereocenters. The number of carbonyl (C=O) groups excluding carboxylic acids is 2. The van der Waals surface area contributed by atoms with Crippen molar-refractivity contribution >= 4 is 29.1 Å². The largest absolute Gasteiger partial charge is 0.497 e. The van der Waals surface area contributed by atoms with Crippen LogP contribution in [0.25, 0.3) is 0 Å². The number of likely N-dealkylation sites (N-methyl/N-ethyl adjacent to an activating group) is 1. The van der Waals surface area contributed by atoms with Crippen molar-refractivity contribution in [3.8, 4) is 5.75 Å². The Kier molecular flexibility index (Phi) is 6.93. The van der Waals surface area contributed by atoms with E-state index in [0.29, 0.717) is 17.2 Å². The van der Waals surface area contributed by atoms with Gasteiger partial charge in [0, 0.05) is 24.1 Å². The monoisotopic (exact) mass is 479 g/mol. The zero-order valence-corrected chi connectivity index (χ0v) is 19.5. The van der Waals surface area contributed by atoms with Crippen LogP contribution in [0.5, 0.6) is 5.75 Å². The first-order chi connectivity index (χ1) is 16.4. The second-order valence-corrected chi connectivity index (χ2v) is 8.37. The zero-order chi connectivity index (χ0) is 24.2. The minimum absolute atomic E-state index is 0.0888. The normalized spacial score (nSPS) is 15.1. The van der Waals surface area contributed by atoms with Gasteiger partial charge in [-0.3, -0.25) is 9.59 Å². The summed E-state index contributed by atoms with van der Waals surface area (Å²) in [4.78, 5) is 27.2. The Balaban J connectivity index is 1.61. The molecule has 0 aromatic heterocycles. The van der Waals surface area contributed by atoms with E-state index in [0.717, 1.165) is 16.8 Å². The molecule has 0 N–H and O–H groups in total. The van der Waals surface area contributed by atoms with Gasteiger partial charge in [0.25, 0.3) is 11.8 Å². The number of hydrazone groups is 1. The van der Waals surface area contributed by atoms with Gasteiger partial charge in [0.05, 0.1) is 24.4 Å². The smallest absolute Gasteiger partial charge is 0.262 e. The van der Waals surface area contributed by atoms with E-state index in [1.807, 2.05) is 36.4 Å². The molecule has 1 atom stereocenters.